The molecule has 8 heteroatoms. The maximum Gasteiger partial charge on any atom is 0.412 e. The van der Waals surface area contributed by atoms with Gasteiger partial charge < -0.3 is 15.4 Å². The van der Waals surface area contributed by atoms with E-state index in [0.29, 0.717) is 22.9 Å². The van der Waals surface area contributed by atoms with Crippen LogP contribution in [-0.4, -0.2) is 31.8 Å². The van der Waals surface area contributed by atoms with E-state index >= 15 is 0 Å². The Morgan fingerprint density at radius 3 is 2.64 bits per heavy atom. The van der Waals surface area contributed by atoms with E-state index in [9.17, 15) is 9.90 Å². The van der Waals surface area contributed by atoms with Crippen LogP contribution in [0.15, 0.2) is 24.7 Å². The summed E-state index contributed by atoms with van der Waals surface area (Å²) in [6.07, 6.45) is 2.96. The highest BCUT2D eigenvalue weighted by Gasteiger charge is 2.42. The Labute approximate surface area is 167 Å². The zero-order valence-corrected chi connectivity index (χ0v) is 16.9. The number of carboxylic acid groups (broad SMARTS) is 1. The first kappa shape index (κ1) is 18.6. The molecular weight excluding hydrogens is 378 g/mol. The van der Waals surface area contributed by atoms with E-state index in [0.717, 1.165) is 27.7 Å². The van der Waals surface area contributed by atoms with Crippen LogP contribution in [0.4, 0.5) is 16.3 Å². The van der Waals surface area contributed by atoms with Gasteiger partial charge >= 0.3 is 6.09 Å². The quantitative estimate of drug-likeness (QED) is 0.634. The third-order valence-corrected chi connectivity index (χ3v) is 5.90. The van der Waals surface area contributed by atoms with Crippen molar-refractivity contribution in [1.29, 1.82) is 0 Å². The first-order chi connectivity index (χ1) is 13.1. The van der Waals surface area contributed by atoms with Crippen molar-refractivity contribution in [3.8, 4) is 11.1 Å². The fraction of sp³-hybridized carbons (Fsp3) is 0.350. The maximum absolute atomic E-state index is 12.0. The van der Waals surface area contributed by atoms with Crippen molar-refractivity contribution in [3.05, 3.63) is 35.2 Å². The predicted molar refractivity (Wildman–Crippen MR) is 111 cm³/mol. The zero-order chi connectivity index (χ0) is 20.4. The third kappa shape index (κ3) is 2.61. The predicted octanol–water partition coefficient (Wildman–Crippen LogP) is 4.33. The number of halogens is 1. The normalized spacial score (nSPS) is 16.6. The molecule has 1 aromatic carbocycles. The number of fused-ring (bicyclic) bond motifs is 2. The van der Waals surface area contributed by atoms with Crippen LogP contribution in [-0.2, 0) is 13.5 Å². The molecule has 3 heterocycles. The van der Waals surface area contributed by atoms with E-state index in [-0.39, 0.29) is 11.5 Å². The molecule has 0 bridgehead atoms. The third-order valence-electron chi connectivity index (χ3n) is 5.47. The highest BCUT2D eigenvalue weighted by atomic mass is 35.5. The number of nitrogens with zero attached hydrogens (tertiary/aromatic N) is 4. The molecule has 1 atom stereocenters. The van der Waals surface area contributed by atoms with Crippen molar-refractivity contribution in [2.45, 2.75) is 33.2 Å². The summed E-state index contributed by atoms with van der Waals surface area (Å²) >= 11 is 6.83. The van der Waals surface area contributed by atoms with E-state index in [4.69, 9.17) is 17.3 Å². The lowest BCUT2D eigenvalue weighted by molar-refractivity contribution is 0.191. The van der Waals surface area contributed by atoms with Gasteiger partial charge in [-0.15, -0.1) is 0 Å². The number of hydrogen-bond donors (Lipinski definition) is 2. The Morgan fingerprint density at radius 1 is 1.29 bits per heavy atom. The van der Waals surface area contributed by atoms with E-state index in [2.05, 4.69) is 9.97 Å². The highest BCUT2D eigenvalue weighted by Crippen LogP contribution is 2.47. The fourth-order valence-corrected chi connectivity index (χ4v) is 4.40. The second-order valence-corrected chi connectivity index (χ2v) is 8.65. The lowest BCUT2D eigenvalue weighted by Crippen LogP contribution is -2.44. The largest absolute Gasteiger partial charge is 0.465 e. The summed E-state index contributed by atoms with van der Waals surface area (Å²) in [6, 6.07) is 3.49. The summed E-state index contributed by atoms with van der Waals surface area (Å²) in [5, 5.41) is 11.1. The summed E-state index contributed by atoms with van der Waals surface area (Å²) < 4.78 is 1.88. The number of aromatic nitrogens is 3. The Balaban J connectivity index is 1.93. The van der Waals surface area contributed by atoms with Crippen LogP contribution in [0, 0.1) is 5.41 Å². The molecule has 4 rings (SSSR count). The molecule has 1 aliphatic heterocycles. The second-order valence-electron chi connectivity index (χ2n) is 8.27. The van der Waals surface area contributed by atoms with Gasteiger partial charge in [-0.25, -0.2) is 14.8 Å². The van der Waals surface area contributed by atoms with Crippen molar-refractivity contribution < 1.29 is 9.90 Å². The molecule has 3 aromatic rings. The molecule has 2 aromatic heterocycles. The van der Waals surface area contributed by atoms with Crippen LogP contribution in [0.1, 0.15) is 26.3 Å². The number of hydrogen-bond acceptors (Lipinski definition) is 4. The first-order valence-electron chi connectivity index (χ1n) is 9.00. The van der Waals surface area contributed by atoms with Gasteiger partial charge in [0.25, 0.3) is 0 Å². The van der Waals surface area contributed by atoms with Gasteiger partial charge in [-0.05, 0) is 23.5 Å². The monoisotopic (exact) mass is 399 g/mol. The number of benzene rings is 1. The van der Waals surface area contributed by atoms with E-state index in [1.807, 2.05) is 50.7 Å². The minimum absolute atomic E-state index is 0.186. The highest BCUT2D eigenvalue weighted by molar-refractivity contribution is 6.35. The van der Waals surface area contributed by atoms with Gasteiger partial charge in [0.2, 0.25) is 0 Å². The Kier molecular flexibility index (Phi) is 4.04. The Morgan fingerprint density at radius 2 is 2.00 bits per heavy atom. The molecule has 7 nitrogen and oxygen atoms in total. The first-order valence-corrected chi connectivity index (χ1v) is 9.38. The van der Waals surface area contributed by atoms with Gasteiger partial charge in [0.15, 0.2) is 0 Å². The van der Waals surface area contributed by atoms with E-state index < -0.39 is 6.09 Å². The van der Waals surface area contributed by atoms with Gasteiger partial charge in [-0.3, -0.25) is 4.90 Å². The number of nitrogens with two attached hydrogens (primary N) is 1. The summed E-state index contributed by atoms with van der Waals surface area (Å²) in [7, 11) is 1.89. The molecule has 1 aliphatic rings. The topological polar surface area (TPSA) is 97.3 Å². The molecule has 0 fully saturated rings. The average Bonchev–Trinajstić information content (AvgIpc) is 3.15. The Hall–Kier alpha value is -2.80. The van der Waals surface area contributed by atoms with Crippen LogP contribution >= 0.6 is 11.6 Å². The second kappa shape index (κ2) is 6.10. The molecule has 0 saturated heterocycles. The standard InChI is InChI=1S/C20H22ClN5O2/c1-20(2,3)14-7-11-13(26(14)19(27)28)6-5-10(16(11)21)12-8-25(4)18-15(12)17(22)23-9-24-18/h5-6,8-9,14H,7H2,1-4H3,(H,27,28)(H2,22,23,24). The van der Waals surface area contributed by atoms with Crippen molar-refractivity contribution in [3.63, 3.8) is 0 Å². The van der Waals surface area contributed by atoms with Gasteiger partial charge in [0.1, 0.15) is 17.8 Å². The molecular formula is C20H22ClN5O2. The molecule has 0 aliphatic carbocycles. The molecule has 1 amide bonds. The van der Waals surface area contributed by atoms with E-state index in [1.165, 1.54) is 11.2 Å². The summed E-state index contributed by atoms with van der Waals surface area (Å²) in [5.74, 6) is 0.386. The smallest absolute Gasteiger partial charge is 0.412 e. The van der Waals surface area contributed by atoms with Crippen molar-refractivity contribution in [2.75, 3.05) is 10.6 Å². The molecule has 3 N–H and O–H groups in total. The summed E-state index contributed by atoms with van der Waals surface area (Å²) in [4.78, 5) is 21.8. The number of aryl methyl sites for hydroxylation is 1. The number of rotatable bonds is 1. The van der Waals surface area contributed by atoms with Gasteiger partial charge in [-0.1, -0.05) is 38.4 Å². The van der Waals surface area contributed by atoms with Crippen molar-refractivity contribution in [2.24, 2.45) is 12.5 Å². The number of nitrogen functional groups attached to an aromatic ring is 1. The molecule has 0 spiro atoms. The molecule has 0 radical (unpaired) electrons. The summed E-state index contributed by atoms with van der Waals surface area (Å²) in [5.41, 5.74) is 9.74. The van der Waals surface area contributed by atoms with Crippen LogP contribution in [0.5, 0.6) is 0 Å². The number of carbonyl (C=O) groups is 1. The molecule has 146 valence electrons. The zero-order valence-electron chi connectivity index (χ0n) is 16.2. The SMILES string of the molecule is Cn1cc(-c2ccc3c(c2Cl)CC(C(C)(C)C)N3C(=O)O)c2c(N)ncnc21. The minimum Gasteiger partial charge on any atom is -0.465 e. The fourth-order valence-electron chi connectivity index (χ4n) is 4.06. The van der Waals surface area contributed by atoms with E-state index in [1.54, 1.807) is 0 Å². The Bertz CT molecular complexity index is 1120. The molecule has 0 saturated carbocycles. The van der Waals surface area contributed by atoms with Gasteiger partial charge in [0.05, 0.1) is 16.1 Å². The summed E-state index contributed by atoms with van der Waals surface area (Å²) in [6.45, 7) is 6.12. The van der Waals surface area contributed by atoms with Crippen LogP contribution < -0.4 is 10.6 Å². The molecule has 28 heavy (non-hydrogen) atoms. The maximum atomic E-state index is 12.0. The van der Waals surface area contributed by atoms with Crippen LogP contribution in [0.2, 0.25) is 5.02 Å². The van der Waals surface area contributed by atoms with Crippen LogP contribution in [0.25, 0.3) is 22.2 Å². The minimum atomic E-state index is -0.967. The number of amides is 1. The number of anilines is 2. The van der Waals surface area contributed by atoms with Gasteiger partial charge in [-0.2, -0.15) is 0 Å². The lowest BCUT2D eigenvalue weighted by atomic mass is 9.84. The van der Waals surface area contributed by atoms with Crippen molar-refractivity contribution >= 4 is 40.2 Å². The molecule has 1 unspecified atom stereocenters. The lowest BCUT2D eigenvalue weighted by Gasteiger charge is -2.33. The van der Waals surface area contributed by atoms with Gasteiger partial charge in [0, 0.05) is 30.4 Å². The van der Waals surface area contributed by atoms with Crippen molar-refractivity contribution in [1.82, 2.24) is 14.5 Å². The van der Waals surface area contributed by atoms with Crippen LogP contribution in [0.3, 0.4) is 0 Å². The average molecular weight is 400 g/mol.